The minimum Gasteiger partial charge on any atom is -0.493 e. The molecule has 0 spiro atoms. The molecule has 0 aliphatic rings. The Hall–Kier alpha value is -1.02. The Morgan fingerprint density at radius 1 is 1.38 bits per heavy atom. The molecule has 1 rings (SSSR count). The summed E-state index contributed by atoms with van der Waals surface area (Å²) in [5.41, 5.74) is 1.88. The summed E-state index contributed by atoms with van der Waals surface area (Å²) >= 11 is 0. The molecule has 0 atom stereocenters. The van der Waals surface area contributed by atoms with Gasteiger partial charge in [-0.1, -0.05) is 25.1 Å². The summed E-state index contributed by atoms with van der Waals surface area (Å²) in [6.45, 7) is 5.72. The Bertz CT molecular complexity index is 247. The number of hydrogen-bond donors (Lipinski definition) is 1. The number of rotatable bonds is 4. The minimum absolute atomic E-state index is 0.623. The molecular weight excluding hydrogens is 164 g/mol. The summed E-state index contributed by atoms with van der Waals surface area (Å²) in [5, 5.41) is 8.96. The van der Waals surface area contributed by atoms with Crippen molar-refractivity contribution in [3.63, 3.8) is 0 Å². The lowest BCUT2D eigenvalue weighted by Gasteiger charge is -2.11. The third kappa shape index (κ3) is 2.22. The molecule has 0 fully saturated rings. The van der Waals surface area contributed by atoms with E-state index < -0.39 is 0 Å². The van der Waals surface area contributed by atoms with E-state index in [9.17, 15) is 0 Å². The van der Waals surface area contributed by atoms with Crippen LogP contribution in [0.3, 0.4) is 0 Å². The molecule has 1 aromatic rings. The molecule has 1 radical (unpaired) electrons. The third-order valence-electron chi connectivity index (χ3n) is 1.94. The first kappa shape index (κ1) is 10.1. The molecule has 0 saturated heterocycles. The van der Waals surface area contributed by atoms with Crippen LogP contribution in [-0.4, -0.2) is 11.7 Å². The van der Waals surface area contributed by atoms with Gasteiger partial charge in [-0.15, -0.1) is 0 Å². The monoisotopic (exact) mass is 179 g/mol. The zero-order valence-electron chi connectivity index (χ0n) is 8.08. The van der Waals surface area contributed by atoms with Crippen LogP contribution < -0.4 is 4.74 Å². The zero-order valence-corrected chi connectivity index (χ0v) is 8.08. The molecule has 0 unspecified atom stereocenters. The molecule has 0 aliphatic carbocycles. The van der Waals surface area contributed by atoms with Crippen LogP contribution in [0.5, 0.6) is 5.75 Å². The fourth-order valence-electron chi connectivity index (χ4n) is 1.31. The van der Waals surface area contributed by atoms with Gasteiger partial charge in [0.2, 0.25) is 0 Å². The van der Waals surface area contributed by atoms with Crippen LogP contribution in [0.15, 0.2) is 18.2 Å². The van der Waals surface area contributed by atoms with Crippen LogP contribution in [0.25, 0.3) is 0 Å². The van der Waals surface area contributed by atoms with Crippen LogP contribution in [0.4, 0.5) is 0 Å². The second-order valence-electron chi connectivity index (χ2n) is 2.75. The number of aliphatic hydroxyl groups excluding tert-OH is 1. The lowest BCUT2D eigenvalue weighted by Crippen LogP contribution is -1.99. The van der Waals surface area contributed by atoms with Gasteiger partial charge in [-0.25, -0.2) is 0 Å². The van der Waals surface area contributed by atoms with E-state index in [1.54, 1.807) is 0 Å². The summed E-state index contributed by atoms with van der Waals surface area (Å²) in [6, 6.07) is 5.77. The molecule has 13 heavy (non-hydrogen) atoms. The van der Waals surface area contributed by atoms with E-state index in [1.807, 2.05) is 25.1 Å². The second kappa shape index (κ2) is 4.87. The predicted octanol–water partition coefficient (Wildman–Crippen LogP) is 2.53. The summed E-state index contributed by atoms with van der Waals surface area (Å²) in [4.78, 5) is 0. The van der Waals surface area contributed by atoms with E-state index >= 15 is 0 Å². The molecule has 1 aromatic carbocycles. The summed E-state index contributed by atoms with van der Waals surface area (Å²) in [7, 11) is 0. The molecule has 1 N–H and O–H groups in total. The van der Waals surface area contributed by atoms with E-state index in [-0.39, 0.29) is 0 Å². The largest absolute Gasteiger partial charge is 0.493 e. The number of benzene rings is 1. The predicted molar refractivity (Wildman–Crippen MR) is 52.3 cm³/mol. The SMILES string of the molecule is CCOc1c([CH]O)cccc1CC. The average Bonchev–Trinajstić information content (AvgIpc) is 2.18. The number of aryl methyl sites for hydroxylation is 1. The standard InChI is InChI=1S/C11H15O2/c1-3-9-6-5-7-10(8-12)11(9)13-4-2/h5-8,12H,3-4H2,1-2H3. The average molecular weight is 179 g/mol. The maximum atomic E-state index is 8.96. The summed E-state index contributed by atoms with van der Waals surface area (Å²) < 4.78 is 5.46. The molecule has 0 aromatic heterocycles. The van der Waals surface area contributed by atoms with E-state index in [0.29, 0.717) is 6.61 Å². The van der Waals surface area contributed by atoms with Crippen LogP contribution in [0.1, 0.15) is 25.0 Å². The van der Waals surface area contributed by atoms with Gasteiger partial charge in [0.15, 0.2) is 0 Å². The summed E-state index contributed by atoms with van der Waals surface area (Å²) in [6.07, 6.45) is 0.914. The third-order valence-corrected chi connectivity index (χ3v) is 1.94. The highest BCUT2D eigenvalue weighted by Crippen LogP contribution is 2.25. The molecular formula is C11H15O2. The molecule has 0 saturated carbocycles. The van der Waals surface area contributed by atoms with Gasteiger partial charge in [-0.05, 0) is 18.9 Å². The van der Waals surface area contributed by atoms with Gasteiger partial charge in [0.05, 0.1) is 6.61 Å². The Labute approximate surface area is 79.2 Å². The van der Waals surface area contributed by atoms with Crippen molar-refractivity contribution in [2.45, 2.75) is 20.3 Å². The second-order valence-corrected chi connectivity index (χ2v) is 2.75. The van der Waals surface area contributed by atoms with E-state index in [0.717, 1.165) is 29.9 Å². The number of hydrogen-bond acceptors (Lipinski definition) is 2. The molecule has 0 amide bonds. The lowest BCUT2D eigenvalue weighted by atomic mass is 10.1. The van der Waals surface area contributed by atoms with Crippen LogP contribution >= 0.6 is 0 Å². The maximum Gasteiger partial charge on any atom is 0.128 e. The Balaban J connectivity index is 3.05. The fourth-order valence-corrected chi connectivity index (χ4v) is 1.31. The number of ether oxygens (including phenoxy) is 1. The van der Waals surface area contributed by atoms with Crippen molar-refractivity contribution in [1.82, 2.24) is 0 Å². The van der Waals surface area contributed by atoms with Crippen molar-refractivity contribution >= 4 is 0 Å². The van der Waals surface area contributed by atoms with Crippen molar-refractivity contribution in [1.29, 1.82) is 0 Å². The van der Waals surface area contributed by atoms with Crippen LogP contribution in [0.2, 0.25) is 0 Å². The van der Waals surface area contributed by atoms with Crippen LogP contribution in [0, 0.1) is 6.61 Å². The fraction of sp³-hybridized carbons (Fsp3) is 0.364. The quantitative estimate of drug-likeness (QED) is 0.769. The van der Waals surface area contributed by atoms with Gasteiger partial charge < -0.3 is 9.84 Å². The van der Waals surface area contributed by atoms with Crippen LogP contribution in [-0.2, 0) is 6.42 Å². The normalized spacial score (nSPS) is 10.1. The zero-order chi connectivity index (χ0) is 9.68. The first-order chi connectivity index (χ1) is 6.33. The van der Waals surface area contributed by atoms with Gasteiger partial charge in [0, 0.05) is 5.56 Å². The van der Waals surface area contributed by atoms with Crippen molar-refractivity contribution in [3.8, 4) is 5.75 Å². The first-order valence-corrected chi connectivity index (χ1v) is 4.55. The van der Waals surface area contributed by atoms with Crippen molar-refractivity contribution in [2.75, 3.05) is 6.61 Å². The topological polar surface area (TPSA) is 29.5 Å². The molecule has 2 heteroatoms. The smallest absolute Gasteiger partial charge is 0.128 e. The molecule has 71 valence electrons. The van der Waals surface area contributed by atoms with E-state index in [1.165, 1.54) is 0 Å². The van der Waals surface area contributed by atoms with Gasteiger partial charge in [0.25, 0.3) is 0 Å². The Morgan fingerprint density at radius 2 is 2.15 bits per heavy atom. The highest BCUT2D eigenvalue weighted by Gasteiger charge is 2.06. The van der Waals surface area contributed by atoms with E-state index in [4.69, 9.17) is 9.84 Å². The highest BCUT2D eigenvalue weighted by atomic mass is 16.5. The van der Waals surface area contributed by atoms with Crippen molar-refractivity contribution in [2.24, 2.45) is 0 Å². The minimum atomic E-state index is 0.623. The van der Waals surface area contributed by atoms with Gasteiger partial charge in [-0.2, -0.15) is 0 Å². The van der Waals surface area contributed by atoms with Gasteiger partial charge in [0.1, 0.15) is 12.4 Å². The van der Waals surface area contributed by atoms with E-state index in [2.05, 4.69) is 6.92 Å². The van der Waals surface area contributed by atoms with Crippen molar-refractivity contribution < 1.29 is 9.84 Å². The summed E-state index contributed by atoms with van der Waals surface area (Å²) in [5.74, 6) is 0.801. The highest BCUT2D eigenvalue weighted by molar-refractivity contribution is 5.44. The van der Waals surface area contributed by atoms with Crippen molar-refractivity contribution in [3.05, 3.63) is 35.9 Å². The number of para-hydroxylation sites is 1. The Kier molecular flexibility index (Phi) is 3.77. The van der Waals surface area contributed by atoms with Gasteiger partial charge in [-0.3, -0.25) is 0 Å². The Morgan fingerprint density at radius 3 is 2.69 bits per heavy atom. The van der Waals surface area contributed by atoms with Gasteiger partial charge >= 0.3 is 0 Å². The maximum absolute atomic E-state index is 8.96. The lowest BCUT2D eigenvalue weighted by molar-refractivity contribution is 0.327. The molecule has 0 heterocycles. The molecule has 0 bridgehead atoms. The first-order valence-electron chi connectivity index (χ1n) is 4.55. The molecule has 0 aliphatic heterocycles. The number of aliphatic hydroxyl groups is 1. The molecule has 2 nitrogen and oxygen atoms in total.